The van der Waals surface area contributed by atoms with Crippen LogP contribution >= 0.6 is 11.3 Å². The maximum atomic E-state index is 12.3. The number of aliphatic hydroxyl groups excluding tert-OH is 1. The summed E-state index contributed by atoms with van der Waals surface area (Å²) in [6.07, 6.45) is 4.69. The largest absolute Gasteiger partial charge is 0.384 e. The number of nitrogens with one attached hydrogen (secondary N) is 1. The Bertz CT molecular complexity index is 572. The van der Waals surface area contributed by atoms with E-state index in [2.05, 4.69) is 22.1 Å². The van der Waals surface area contributed by atoms with Crippen molar-refractivity contribution in [1.29, 1.82) is 0 Å². The van der Waals surface area contributed by atoms with E-state index in [-0.39, 0.29) is 12.5 Å². The first-order valence-electron chi connectivity index (χ1n) is 7.49. The van der Waals surface area contributed by atoms with Crippen LogP contribution in [-0.4, -0.2) is 47.7 Å². The van der Waals surface area contributed by atoms with Crippen molar-refractivity contribution < 1.29 is 9.90 Å². The maximum Gasteiger partial charge on any atom is 0.252 e. The number of piperidine rings is 1. The number of fused-ring (bicyclic) bond motifs is 1. The highest BCUT2D eigenvalue weighted by Crippen LogP contribution is 2.27. The van der Waals surface area contributed by atoms with Gasteiger partial charge in [0, 0.05) is 24.0 Å². The van der Waals surface area contributed by atoms with Crippen LogP contribution < -0.4 is 5.32 Å². The van der Waals surface area contributed by atoms with Crippen molar-refractivity contribution in [3.05, 3.63) is 21.9 Å². The number of nitrogens with zero attached hydrogens (tertiary/aromatic N) is 1. The number of thiophene rings is 1. The topological polar surface area (TPSA) is 52.6 Å². The van der Waals surface area contributed by atoms with Gasteiger partial charge in [0.1, 0.15) is 6.61 Å². The first-order chi connectivity index (χ1) is 10.3. The molecule has 3 heterocycles. The summed E-state index contributed by atoms with van der Waals surface area (Å²) in [5.41, 5.74) is 0.677. The van der Waals surface area contributed by atoms with E-state index in [0.717, 1.165) is 24.3 Å². The van der Waals surface area contributed by atoms with Gasteiger partial charge in [-0.25, -0.2) is 0 Å². The second kappa shape index (κ2) is 6.61. The smallest absolute Gasteiger partial charge is 0.252 e. The van der Waals surface area contributed by atoms with E-state index in [1.807, 2.05) is 5.38 Å². The van der Waals surface area contributed by atoms with Crippen LogP contribution in [0.5, 0.6) is 0 Å². The van der Waals surface area contributed by atoms with Crippen LogP contribution in [-0.2, 0) is 0 Å². The number of hydrogen-bond donors (Lipinski definition) is 2. The van der Waals surface area contributed by atoms with E-state index in [1.165, 1.54) is 30.7 Å². The monoisotopic (exact) mass is 304 g/mol. The number of rotatable bonds is 2. The Labute approximate surface area is 129 Å². The molecular weight excluding hydrogens is 284 g/mol. The lowest BCUT2D eigenvalue weighted by Crippen LogP contribution is -2.47. The molecule has 1 amide bonds. The van der Waals surface area contributed by atoms with E-state index < -0.39 is 0 Å². The Morgan fingerprint density at radius 2 is 2.38 bits per heavy atom. The molecule has 2 fully saturated rings. The summed E-state index contributed by atoms with van der Waals surface area (Å²) in [4.78, 5) is 15.6. The molecule has 2 N–H and O–H groups in total. The average molecular weight is 304 g/mol. The van der Waals surface area contributed by atoms with Gasteiger partial charge in [-0.1, -0.05) is 11.8 Å². The van der Waals surface area contributed by atoms with Crippen molar-refractivity contribution in [3.8, 4) is 11.8 Å². The molecule has 112 valence electrons. The number of carbonyl (C=O) groups is 1. The zero-order valence-electron chi connectivity index (χ0n) is 12.0. The predicted octanol–water partition coefficient (Wildman–Crippen LogP) is 1.45. The molecule has 2 unspecified atom stereocenters. The van der Waals surface area contributed by atoms with Crippen molar-refractivity contribution >= 4 is 17.2 Å². The molecule has 4 nitrogen and oxygen atoms in total. The first kappa shape index (κ1) is 14.6. The van der Waals surface area contributed by atoms with Crippen LogP contribution in [0.2, 0.25) is 0 Å². The highest BCUT2D eigenvalue weighted by Gasteiger charge is 2.32. The molecule has 0 aliphatic carbocycles. The molecule has 0 spiro atoms. The summed E-state index contributed by atoms with van der Waals surface area (Å²) >= 11 is 1.44. The van der Waals surface area contributed by atoms with Crippen LogP contribution in [0, 0.1) is 11.8 Å². The number of hydrogen-bond acceptors (Lipinski definition) is 4. The minimum absolute atomic E-state index is 0.000236. The molecule has 2 aliphatic rings. The third-order valence-corrected chi connectivity index (χ3v) is 5.15. The van der Waals surface area contributed by atoms with Crippen molar-refractivity contribution in [3.63, 3.8) is 0 Å². The highest BCUT2D eigenvalue weighted by atomic mass is 32.1. The van der Waals surface area contributed by atoms with E-state index in [4.69, 9.17) is 5.11 Å². The molecule has 1 aromatic rings. The van der Waals surface area contributed by atoms with Gasteiger partial charge < -0.3 is 15.3 Å². The van der Waals surface area contributed by atoms with Gasteiger partial charge in [-0.2, -0.15) is 0 Å². The second-order valence-electron chi connectivity index (χ2n) is 5.69. The predicted molar refractivity (Wildman–Crippen MR) is 83.4 cm³/mol. The zero-order chi connectivity index (χ0) is 14.7. The Morgan fingerprint density at radius 3 is 3.24 bits per heavy atom. The summed E-state index contributed by atoms with van der Waals surface area (Å²) in [6, 6.07) is 2.76. The van der Waals surface area contributed by atoms with Gasteiger partial charge in [-0.15, -0.1) is 11.3 Å². The summed E-state index contributed by atoms with van der Waals surface area (Å²) in [6.45, 7) is 2.18. The van der Waals surface area contributed by atoms with Crippen molar-refractivity contribution in [2.75, 3.05) is 19.7 Å². The summed E-state index contributed by atoms with van der Waals surface area (Å²) in [7, 11) is 0. The van der Waals surface area contributed by atoms with Crippen molar-refractivity contribution in [1.82, 2.24) is 10.2 Å². The number of amides is 1. The van der Waals surface area contributed by atoms with Gasteiger partial charge in [0.05, 0.1) is 10.4 Å². The summed E-state index contributed by atoms with van der Waals surface area (Å²) in [5, 5.41) is 13.7. The molecule has 1 aromatic heterocycles. The minimum Gasteiger partial charge on any atom is -0.384 e. The molecule has 2 aliphatic heterocycles. The van der Waals surface area contributed by atoms with E-state index in [0.29, 0.717) is 17.6 Å². The summed E-state index contributed by atoms with van der Waals surface area (Å²) < 4.78 is 0. The molecule has 0 bridgehead atoms. The maximum absolute atomic E-state index is 12.3. The van der Waals surface area contributed by atoms with Gasteiger partial charge in [0.15, 0.2) is 0 Å². The molecule has 2 atom stereocenters. The molecule has 5 heteroatoms. The second-order valence-corrected chi connectivity index (χ2v) is 6.60. The molecule has 0 aromatic carbocycles. The fraction of sp³-hybridized carbons (Fsp3) is 0.562. The zero-order valence-corrected chi connectivity index (χ0v) is 12.8. The van der Waals surface area contributed by atoms with Crippen molar-refractivity contribution in [2.24, 2.45) is 0 Å². The Hall–Kier alpha value is -1.35. The highest BCUT2D eigenvalue weighted by molar-refractivity contribution is 7.10. The van der Waals surface area contributed by atoms with E-state index in [9.17, 15) is 4.79 Å². The van der Waals surface area contributed by atoms with E-state index >= 15 is 0 Å². The van der Waals surface area contributed by atoms with Crippen LogP contribution in [0.1, 0.15) is 40.9 Å². The SMILES string of the molecule is O=C(NC1CCN2CCCC2C1)c1csc(C#CCO)c1. The molecule has 0 radical (unpaired) electrons. The van der Waals surface area contributed by atoms with Gasteiger partial charge in [0.2, 0.25) is 0 Å². The Morgan fingerprint density at radius 1 is 1.48 bits per heavy atom. The molecule has 2 saturated heterocycles. The normalized spacial score (nSPS) is 25.0. The van der Waals surface area contributed by atoms with E-state index in [1.54, 1.807) is 6.07 Å². The van der Waals surface area contributed by atoms with Crippen molar-refractivity contribution in [2.45, 2.75) is 37.8 Å². The minimum atomic E-state index is -0.153. The molecule has 3 rings (SSSR count). The van der Waals surface area contributed by atoms with Crippen LogP contribution in [0.4, 0.5) is 0 Å². The third kappa shape index (κ3) is 3.46. The van der Waals surface area contributed by atoms with Crippen LogP contribution in [0.3, 0.4) is 0 Å². The molecule has 0 saturated carbocycles. The van der Waals surface area contributed by atoms with Crippen LogP contribution in [0.15, 0.2) is 11.4 Å². The average Bonchev–Trinajstić information content (AvgIpc) is 3.13. The fourth-order valence-electron chi connectivity index (χ4n) is 3.27. The number of aliphatic hydroxyl groups is 1. The summed E-state index contributed by atoms with van der Waals surface area (Å²) in [5.74, 6) is 5.44. The lowest BCUT2D eigenvalue weighted by atomic mass is 9.97. The van der Waals surface area contributed by atoms with Crippen LogP contribution in [0.25, 0.3) is 0 Å². The fourth-order valence-corrected chi connectivity index (χ4v) is 4.03. The first-order valence-corrected chi connectivity index (χ1v) is 8.37. The molecule has 21 heavy (non-hydrogen) atoms. The van der Waals surface area contributed by atoms with Gasteiger partial charge in [-0.3, -0.25) is 4.79 Å². The standard InChI is InChI=1S/C16H20N2O2S/c19-8-2-4-15-9-12(11-21-15)16(20)17-13-5-7-18-6-1-3-14(18)10-13/h9,11,13-14,19H,1,3,5-8,10H2,(H,17,20). The molecular formula is C16H20N2O2S. The van der Waals surface area contributed by atoms with Gasteiger partial charge in [0.25, 0.3) is 5.91 Å². The quantitative estimate of drug-likeness (QED) is 0.813. The Kier molecular flexibility index (Phi) is 4.59. The third-order valence-electron chi connectivity index (χ3n) is 4.31. The lowest BCUT2D eigenvalue weighted by molar-refractivity contribution is 0.0896. The van der Waals surface area contributed by atoms with Gasteiger partial charge in [-0.05, 0) is 38.3 Å². The number of carbonyl (C=O) groups excluding carboxylic acids is 1. The lowest BCUT2D eigenvalue weighted by Gasteiger charge is -2.35. The van der Waals surface area contributed by atoms with Gasteiger partial charge >= 0.3 is 0 Å². The Balaban J connectivity index is 1.57.